The molecule has 3 rings (SSSR count). The summed E-state index contributed by atoms with van der Waals surface area (Å²) in [4.78, 5) is 9.25. The van der Waals surface area contributed by atoms with E-state index < -0.39 is 17.7 Å². The number of amidine groups is 1. The molecule has 8 heteroatoms. The van der Waals surface area contributed by atoms with Crippen LogP contribution < -0.4 is 0 Å². The van der Waals surface area contributed by atoms with E-state index in [4.69, 9.17) is 5.53 Å². The first-order valence-electron chi connectivity index (χ1n) is 6.93. The molecular formula is C15H13F2N5S. The van der Waals surface area contributed by atoms with Crippen LogP contribution in [0.3, 0.4) is 0 Å². The van der Waals surface area contributed by atoms with Crippen LogP contribution in [0.5, 0.6) is 0 Å². The Morgan fingerprint density at radius 3 is 2.96 bits per heavy atom. The Kier molecular flexibility index (Phi) is 4.11. The largest absolute Gasteiger partial charge is 0.320 e. The van der Waals surface area contributed by atoms with Crippen LogP contribution in [0.2, 0.25) is 0 Å². The predicted octanol–water partition coefficient (Wildman–Crippen LogP) is 4.65. The normalized spacial score (nSPS) is 18.2. The highest BCUT2D eigenvalue weighted by Gasteiger charge is 2.30. The van der Waals surface area contributed by atoms with Gasteiger partial charge in [-0.2, -0.15) is 0 Å². The molecule has 0 amide bonds. The van der Waals surface area contributed by atoms with E-state index in [9.17, 15) is 8.78 Å². The van der Waals surface area contributed by atoms with E-state index in [1.807, 2.05) is 17.2 Å². The number of halogens is 2. The maximum Gasteiger partial charge on any atom is 0.173 e. The van der Waals surface area contributed by atoms with Crippen molar-refractivity contribution in [2.24, 2.45) is 10.1 Å². The number of hydrogen-bond acceptors (Lipinski definition) is 4. The number of aliphatic imine (C=N–C) groups is 1. The standard InChI is InChI=1S/C15H13F2N5S/c1-8-7-23-15-19-14(9(2)20-21-18)12(6-22(8)15)11-5-10(16)3-4-13(11)17/h3-5,7,9H,6H2,1-2H3. The van der Waals surface area contributed by atoms with Crippen LogP contribution in [-0.4, -0.2) is 22.7 Å². The van der Waals surface area contributed by atoms with Crippen molar-refractivity contribution < 1.29 is 8.78 Å². The number of azide groups is 1. The lowest BCUT2D eigenvalue weighted by Gasteiger charge is -2.29. The van der Waals surface area contributed by atoms with Crippen molar-refractivity contribution in [3.8, 4) is 0 Å². The summed E-state index contributed by atoms with van der Waals surface area (Å²) in [5.74, 6) is -1.05. The third-order valence-corrected chi connectivity index (χ3v) is 4.69. The zero-order chi connectivity index (χ0) is 16.6. The lowest BCUT2D eigenvalue weighted by Crippen LogP contribution is -2.30. The van der Waals surface area contributed by atoms with Gasteiger partial charge in [-0.1, -0.05) is 23.8 Å². The Hall–Kier alpha value is -2.31. The van der Waals surface area contributed by atoms with Gasteiger partial charge in [0.15, 0.2) is 5.17 Å². The number of fused-ring (bicyclic) bond motifs is 1. The molecule has 0 fully saturated rings. The van der Waals surface area contributed by atoms with E-state index in [2.05, 4.69) is 15.0 Å². The lowest BCUT2D eigenvalue weighted by molar-refractivity contribution is 0.568. The molecule has 2 heterocycles. The van der Waals surface area contributed by atoms with Gasteiger partial charge in [0, 0.05) is 21.7 Å². The third kappa shape index (κ3) is 2.83. The summed E-state index contributed by atoms with van der Waals surface area (Å²) < 4.78 is 27.8. The first kappa shape index (κ1) is 15.6. The van der Waals surface area contributed by atoms with Crippen molar-refractivity contribution >= 4 is 22.5 Å². The summed E-state index contributed by atoms with van der Waals surface area (Å²) in [5, 5.41) is 6.36. The first-order valence-corrected chi connectivity index (χ1v) is 7.81. The molecular weight excluding hydrogens is 320 g/mol. The summed E-state index contributed by atoms with van der Waals surface area (Å²) in [5.41, 5.74) is 10.8. The maximum atomic E-state index is 14.2. The van der Waals surface area contributed by atoms with Crippen LogP contribution in [0.25, 0.3) is 16.0 Å². The number of nitrogens with zero attached hydrogens (tertiary/aromatic N) is 5. The SMILES string of the molecule is CC1=CSC2=NC(C(C)N=[N+]=[N-])=C(c3cc(F)ccc3F)CN12. The van der Waals surface area contributed by atoms with Crippen molar-refractivity contribution in [2.75, 3.05) is 6.54 Å². The molecule has 23 heavy (non-hydrogen) atoms. The van der Waals surface area contributed by atoms with E-state index in [0.29, 0.717) is 17.8 Å². The monoisotopic (exact) mass is 333 g/mol. The van der Waals surface area contributed by atoms with Gasteiger partial charge in [0.1, 0.15) is 11.6 Å². The fourth-order valence-corrected chi connectivity index (χ4v) is 3.42. The van der Waals surface area contributed by atoms with Gasteiger partial charge >= 0.3 is 0 Å². The number of benzene rings is 1. The smallest absolute Gasteiger partial charge is 0.173 e. The van der Waals surface area contributed by atoms with E-state index in [-0.39, 0.29) is 5.56 Å². The minimum absolute atomic E-state index is 0.146. The molecule has 0 N–H and O–H groups in total. The Labute approximate surface area is 136 Å². The average Bonchev–Trinajstić information content (AvgIpc) is 2.89. The Bertz CT molecular complexity index is 808. The van der Waals surface area contributed by atoms with Gasteiger partial charge in [0.25, 0.3) is 0 Å². The zero-order valence-corrected chi connectivity index (χ0v) is 13.3. The molecule has 1 unspecified atom stereocenters. The molecule has 0 aromatic heterocycles. The molecule has 0 bridgehead atoms. The zero-order valence-electron chi connectivity index (χ0n) is 12.5. The second-order valence-electron chi connectivity index (χ2n) is 5.23. The van der Waals surface area contributed by atoms with Crippen molar-refractivity contribution in [1.82, 2.24) is 4.90 Å². The molecule has 2 aliphatic heterocycles. The van der Waals surface area contributed by atoms with Crippen LogP contribution >= 0.6 is 11.8 Å². The fraction of sp³-hybridized carbons (Fsp3) is 0.267. The van der Waals surface area contributed by atoms with E-state index in [1.54, 1.807) is 6.92 Å². The summed E-state index contributed by atoms with van der Waals surface area (Å²) in [6, 6.07) is 2.74. The summed E-state index contributed by atoms with van der Waals surface area (Å²) >= 11 is 1.46. The Morgan fingerprint density at radius 1 is 1.43 bits per heavy atom. The molecule has 1 aromatic carbocycles. The summed E-state index contributed by atoms with van der Waals surface area (Å²) in [6.07, 6.45) is 0. The van der Waals surface area contributed by atoms with Crippen molar-refractivity contribution in [3.63, 3.8) is 0 Å². The quantitative estimate of drug-likeness (QED) is 0.459. The molecule has 5 nitrogen and oxygen atoms in total. The van der Waals surface area contributed by atoms with Gasteiger partial charge < -0.3 is 4.90 Å². The van der Waals surface area contributed by atoms with Gasteiger partial charge in [-0.15, -0.1) is 0 Å². The second kappa shape index (κ2) is 6.06. The van der Waals surface area contributed by atoms with E-state index in [1.165, 1.54) is 11.8 Å². The fourth-order valence-electron chi connectivity index (χ4n) is 2.53. The summed E-state index contributed by atoms with van der Waals surface area (Å²) in [7, 11) is 0. The highest BCUT2D eigenvalue weighted by atomic mass is 32.2. The highest BCUT2D eigenvalue weighted by Crippen LogP contribution is 2.37. The molecule has 118 valence electrons. The van der Waals surface area contributed by atoms with Crippen LogP contribution in [0.15, 0.2) is 45.1 Å². The molecule has 0 radical (unpaired) electrons. The maximum absolute atomic E-state index is 14.2. The van der Waals surface area contributed by atoms with Crippen LogP contribution in [0.4, 0.5) is 8.78 Å². The molecule has 1 atom stereocenters. The van der Waals surface area contributed by atoms with E-state index >= 15 is 0 Å². The van der Waals surface area contributed by atoms with Crippen molar-refractivity contribution in [2.45, 2.75) is 19.9 Å². The molecule has 2 aliphatic rings. The van der Waals surface area contributed by atoms with Gasteiger partial charge in [-0.25, -0.2) is 13.8 Å². The van der Waals surface area contributed by atoms with Crippen molar-refractivity contribution in [3.05, 3.63) is 62.6 Å². The van der Waals surface area contributed by atoms with Crippen molar-refractivity contribution in [1.29, 1.82) is 0 Å². The van der Waals surface area contributed by atoms with Crippen LogP contribution in [0, 0.1) is 11.6 Å². The van der Waals surface area contributed by atoms with Gasteiger partial charge in [0.05, 0.1) is 18.3 Å². The topological polar surface area (TPSA) is 64.4 Å². The molecule has 0 aliphatic carbocycles. The van der Waals surface area contributed by atoms with Gasteiger partial charge in [0.2, 0.25) is 0 Å². The first-order chi connectivity index (χ1) is 11.0. The second-order valence-corrected chi connectivity index (χ2v) is 6.06. The molecule has 0 saturated heterocycles. The number of thioether (sulfide) groups is 1. The van der Waals surface area contributed by atoms with Gasteiger partial charge in [-0.3, -0.25) is 0 Å². The predicted molar refractivity (Wildman–Crippen MR) is 87.4 cm³/mol. The van der Waals surface area contributed by atoms with E-state index in [0.717, 1.165) is 29.1 Å². The Morgan fingerprint density at radius 2 is 2.22 bits per heavy atom. The highest BCUT2D eigenvalue weighted by molar-refractivity contribution is 8.16. The molecule has 1 aromatic rings. The van der Waals surface area contributed by atoms with Gasteiger partial charge in [-0.05, 0) is 36.1 Å². The average molecular weight is 333 g/mol. The van der Waals surface area contributed by atoms with Crippen LogP contribution in [0.1, 0.15) is 19.4 Å². The minimum Gasteiger partial charge on any atom is -0.320 e. The number of rotatable bonds is 3. The molecule has 0 spiro atoms. The summed E-state index contributed by atoms with van der Waals surface area (Å²) in [6.45, 7) is 3.97. The third-order valence-electron chi connectivity index (χ3n) is 3.71. The van der Waals surface area contributed by atoms with Crippen LogP contribution in [-0.2, 0) is 0 Å². The Balaban J connectivity index is 2.17. The minimum atomic E-state index is -0.575. The number of hydrogen-bond donors (Lipinski definition) is 0. The molecule has 0 saturated carbocycles. The number of allylic oxidation sites excluding steroid dienone is 1. The lowest BCUT2D eigenvalue weighted by atomic mass is 9.98.